The summed E-state index contributed by atoms with van der Waals surface area (Å²) in [6.07, 6.45) is 0.844. The fraction of sp³-hybridized carbons (Fsp3) is 0.294. The minimum Gasteiger partial charge on any atom is -0.508 e. The van der Waals surface area contributed by atoms with Gasteiger partial charge in [0.1, 0.15) is 11.6 Å². The van der Waals surface area contributed by atoms with Crippen molar-refractivity contribution in [2.45, 2.75) is 32.3 Å². The van der Waals surface area contributed by atoms with Crippen molar-refractivity contribution in [3.8, 4) is 5.75 Å². The number of phenolic OH excluding ortho intramolecular Hbond substituents is 1. The summed E-state index contributed by atoms with van der Waals surface area (Å²) in [5.74, 6) is 0.126. The van der Waals surface area contributed by atoms with E-state index < -0.39 is 0 Å². The van der Waals surface area contributed by atoms with Crippen molar-refractivity contribution in [1.29, 1.82) is 0 Å². The average Bonchev–Trinajstić information content (AvgIpc) is 2.44. The number of halogens is 1. The molecule has 1 N–H and O–H groups in total. The first-order valence-corrected chi connectivity index (χ1v) is 7.79. The van der Waals surface area contributed by atoms with Gasteiger partial charge in [0.05, 0.1) is 0 Å². The van der Waals surface area contributed by atoms with E-state index in [9.17, 15) is 9.50 Å². The van der Waals surface area contributed by atoms with Gasteiger partial charge in [0, 0.05) is 16.0 Å². The van der Waals surface area contributed by atoms with E-state index in [2.05, 4.69) is 13.8 Å². The lowest BCUT2D eigenvalue weighted by molar-refractivity contribution is 0.456. The van der Waals surface area contributed by atoms with Crippen LogP contribution in [0.2, 0.25) is 0 Å². The van der Waals surface area contributed by atoms with Crippen molar-refractivity contribution in [2.24, 2.45) is 0 Å². The molecule has 0 aliphatic rings. The monoisotopic (exact) mass is 290 g/mol. The molecule has 0 heterocycles. The summed E-state index contributed by atoms with van der Waals surface area (Å²) in [5, 5.41) is 10.6. The molecule has 0 aliphatic carbocycles. The minimum atomic E-state index is -0.252. The first kappa shape index (κ1) is 15.0. The van der Waals surface area contributed by atoms with E-state index in [4.69, 9.17) is 0 Å². The predicted molar refractivity (Wildman–Crippen MR) is 84.8 cm³/mol. The smallest absolute Gasteiger partial charge is 0.130 e. The molecule has 0 spiro atoms. The van der Waals surface area contributed by atoms with Crippen LogP contribution in [0.1, 0.15) is 31.4 Å². The van der Waals surface area contributed by atoms with Crippen molar-refractivity contribution in [2.75, 3.05) is 0 Å². The molecule has 0 saturated carbocycles. The van der Waals surface area contributed by atoms with Crippen LogP contribution in [0.4, 0.5) is 4.39 Å². The quantitative estimate of drug-likeness (QED) is 0.824. The van der Waals surface area contributed by atoms with Gasteiger partial charge in [0.15, 0.2) is 0 Å². The Kier molecular flexibility index (Phi) is 4.45. The van der Waals surface area contributed by atoms with Crippen molar-refractivity contribution in [3.63, 3.8) is 0 Å². The summed E-state index contributed by atoms with van der Waals surface area (Å²) in [4.78, 5) is 0. The molecule has 2 atom stereocenters. The standard InChI is InChI=1S/C17H20FOP/c1-4-17(3,13-11-12(2)9-10-15(13)19)20-16-8-6-5-7-14(16)18/h5-11,19-20H,4H2,1-3H3. The van der Waals surface area contributed by atoms with Crippen LogP contribution in [0.15, 0.2) is 42.5 Å². The third kappa shape index (κ3) is 3.02. The summed E-state index contributed by atoms with van der Waals surface area (Å²) >= 11 is 0. The van der Waals surface area contributed by atoms with Gasteiger partial charge in [-0.15, -0.1) is 0 Å². The first-order valence-electron chi connectivity index (χ1n) is 6.79. The highest BCUT2D eigenvalue weighted by molar-refractivity contribution is 7.48. The molecule has 0 amide bonds. The molecule has 2 aromatic carbocycles. The van der Waals surface area contributed by atoms with Crippen LogP contribution in [0.25, 0.3) is 0 Å². The average molecular weight is 290 g/mol. The van der Waals surface area contributed by atoms with Crippen LogP contribution in [0.5, 0.6) is 5.75 Å². The zero-order valence-corrected chi connectivity index (χ0v) is 13.1. The molecule has 0 aliphatic heterocycles. The molecule has 3 heteroatoms. The lowest BCUT2D eigenvalue weighted by Gasteiger charge is -2.30. The van der Waals surface area contributed by atoms with Crippen molar-refractivity contribution < 1.29 is 9.50 Å². The molecule has 0 saturated heterocycles. The highest BCUT2D eigenvalue weighted by Crippen LogP contribution is 2.47. The Bertz CT molecular complexity index is 612. The molecule has 2 rings (SSSR count). The second kappa shape index (κ2) is 5.93. The predicted octanol–water partition coefficient (Wildman–Crippen LogP) is 4.47. The van der Waals surface area contributed by atoms with Gasteiger partial charge in [-0.25, -0.2) is 4.39 Å². The van der Waals surface area contributed by atoms with Gasteiger partial charge in [0.2, 0.25) is 0 Å². The molecule has 0 bridgehead atoms. The van der Waals surface area contributed by atoms with E-state index in [0.717, 1.165) is 22.9 Å². The lowest BCUT2D eigenvalue weighted by Crippen LogP contribution is -2.20. The molecule has 2 unspecified atom stereocenters. The van der Waals surface area contributed by atoms with Crippen molar-refractivity contribution in [3.05, 3.63) is 59.4 Å². The van der Waals surface area contributed by atoms with Gasteiger partial charge in [0.25, 0.3) is 0 Å². The van der Waals surface area contributed by atoms with Gasteiger partial charge < -0.3 is 5.11 Å². The van der Waals surface area contributed by atoms with Crippen LogP contribution >= 0.6 is 8.58 Å². The molecule has 2 aromatic rings. The zero-order chi connectivity index (χ0) is 14.8. The minimum absolute atomic E-state index is 0.169. The van der Waals surface area contributed by atoms with Gasteiger partial charge in [-0.2, -0.15) is 0 Å². The SMILES string of the molecule is CCC(C)(Pc1ccccc1F)c1cc(C)ccc1O. The fourth-order valence-corrected chi connectivity index (χ4v) is 3.79. The van der Waals surface area contributed by atoms with Gasteiger partial charge >= 0.3 is 0 Å². The van der Waals surface area contributed by atoms with Crippen molar-refractivity contribution >= 4 is 13.9 Å². The summed E-state index contributed by atoms with van der Waals surface area (Å²) in [5.41, 5.74) is 2.01. The van der Waals surface area contributed by atoms with Crippen molar-refractivity contribution in [1.82, 2.24) is 0 Å². The number of hydrogen-bond donors (Lipinski definition) is 1. The van der Waals surface area contributed by atoms with Gasteiger partial charge in [-0.3, -0.25) is 0 Å². The topological polar surface area (TPSA) is 20.2 Å². The maximum absolute atomic E-state index is 13.9. The van der Waals surface area contributed by atoms with Crippen LogP contribution < -0.4 is 5.30 Å². The normalized spacial score (nSPS) is 14.6. The second-order valence-corrected chi connectivity index (χ2v) is 7.20. The van der Waals surface area contributed by atoms with E-state index in [1.807, 2.05) is 31.2 Å². The van der Waals surface area contributed by atoms with Gasteiger partial charge in [-0.05, 0) is 25.5 Å². The van der Waals surface area contributed by atoms with E-state index in [1.54, 1.807) is 12.1 Å². The lowest BCUT2D eigenvalue weighted by atomic mass is 9.95. The van der Waals surface area contributed by atoms with E-state index in [1.165, 1.54) is 6.07 Å². The molecule has 20 heavy (non-hydrogen) atoms. The summed E-state index contributed by atoms with van der Waals surface area (Å²) in [6, 6.07) is 12.5. The Morgan fingerprint density at radius 1 is 1.20 bits per heavy atom. The Morgan fingerprint density at radius 3 is 2.55 bits per heavy atom. The van der Waals surface area contributed by atoms with Crippen LogP contribution in [-0.4, -0.2) is 5.11 Å². The molecular weight excluding hydrogens is 270 g/mol. The number of phenols is 1. The number of aromatic hydroxyl groups is 1. The number of aryl methyl sites for hydroxylation is 1. The molecular formula is C17H20FOP. The Hall–Kier alpha value is -1.40. The maximum atomic E-state index is 13.9. The van der Waals surface area contributed by atoms with Crippen LogP contribution in [0, 0.1) is 12.7 Å². The molecule has 0 aromatic heterocycles. The van der Waals surface area contributed by atoms with E-state index in [-0.39, 0.29) is 19.6 Å². The largest absolute Gasteiger partial charge is 0.508 e. The summed E-state index contributed by atoms with van der Waals surface area (Å²) < 4.78 is 13.9. The van der Waals surface area contributed by atoms with E-state index >= 15 is 0 Å². The van der Waals surface area contributed by atoms with Gasteiger partial charge in [-0.1, -0.05) is 58.3 Å². The molecule has 0 radical (unpaired) electrons. The Labute approximate surface area is 121 Å². The van der Waals surface area contributed by atoms with E-state index in [0.29, 0.717) is 5.75 Å². The maximum Gasteiger partial charge on any atom is 0.130 e. The number of benzene rings is 2. The fourth-order valence-electron chi connectivity index (χ4n) is 2.30. The number of rotatable bonds is 4. The number of hydrogen-bond acceptors (Lipinski definition) is 1. The summed E-state index contributed by atoms with van der Waals surface area (Å²) in [7, 11) is 0.283. The third-order valence-electron chi connectivity index (χ3n) is 3.74. The zero-order valence-electron chi connectivity index (χ0n) is 12.1. The highest BCUT2D eigenvalue weighted by atomic mass is 31.1. The summed E-state index contributed by atoms with van der Waals surface area (Å²) in [6.45, 7) is 6.17. The Morgan fingerprint density at radius 2 is 1.90 bits per heavy atom. The second-order valence-electron chi connectivity index (χ2n) is 5.31. The third-order valence-corrected chi connectivity index (χ3v) is 5.59. The molecule has 0 fully saturated rings. The highest BCUT2D eigenvalue weighted by Gasteiger charge is 2.29. The van der Waals surface area contributed by atoms with Crippen LogP contribution in [-0.2, 0) is 5.16 Å². The Balaban J connectivity index is 2.43. The first-order chi connectivity index (χ1) is 9.46. The van der Waals surface area contributed by atoms with Crippen LogP contribution in [0.3, 0.4) is 0 Å². The molecule has 106 valence electrons. The molecule has 1 nitrogen and oxygen atoms in total.